The average Bonchev–Trinajstić information content (AvgIpc) is 2.39. The smallest absolute Gasteiger partial charge is 0.288 e. The predicted molar refractivity (Wildman–Crippen MR) is 65.9 cm³/mol. The Morgan fingerprint density at radius 3 is 3.00 bits per heavy atom. The van der Waals surface area contributed by atoms with Crippen LogP contribution in [0.15, 0.2) is 12.3 Å². The van der Waals surface area contributed by atoms with Crippen LogP contribution in [0.3, 0.4) is 0 Å². The molecular formula is C11H14N4O4. The van der Waals surface area contributed by atoms with E-state index in [2.05, 4.69) is 10.3 Å². The van der Waals surface area contributed by atoms with Gasteiger partial charge in [-0.05, 0) is 19.4 Å². The van der Waals surface area contributed by atoms with Crippen molar-refractivity contribution < 1.29 is 14.5 Å². The van der Waals surface area contributed by atoms with Crippen LogP contribution in [0.1, 0.15) is 23.2 Å². The Morgan fingerprint density at radius 1 is 1.63 bits per heavy atom. The average molecular weight is 266 g/mol. The first-order valence-electron chi connectivity index (χ1n) is 5.89. The molecule has 0 bridgehead atoms. The SMILES string of the molecule is NC(=O)c1cc([N+](=O)[O-])cnc1OC1CCCNC1. The molecule has 1 unspecified atom stereocenters. The van der Waals surface area contributed by atoms with Gasteiger partial charge in [0.2, 0.25) is 5.88 Å². The third-order valence-electron chi connectivity index (χ3n) is 2.84. The van der Waals surface area contributed by atoms with E-state index >= 15 is 0 Å². The van der Waals surface area contributed by atoms with E-state index in [1.807, 2.05) is 0 Å². The number of ether oxygens (including phenoxy) is 1. The van der Waals surface area contributed by atoms with E-state index in [1.165, 1.54) is 0 Å². The number of nitrogens with two attached hydrogens (primary N) is 1. The van der Waals surface area contributed by atoms with Crippen LogP contribution in [0, 0.1) is 10.1 Å². The van der Waals surface area contributed by atoms with Gasteiger partial charge in [0.1, 0.15) is 17.9 Å². The van der Waals surface area contributed by atoms with E-state index < -0.39 is 10.8 Å². The molecule has 0 radical (unpaired) electrons. The number of carbonyl (C=O) groups excluding carboxylic acids is 1. The van der Waals surface area contributed by atoms with Crippen molar-refractivity contribution >= 4 is 11.6 Å². The molecule has 19 heavy (non-hydrogen) atoms. The quantitative estimate of drug-likeness (QED) is 0.594. The summed E-state index contributed by atoms with van der Waals surface area (Å²) in [6, 6.07) is 1.08. The minimum absolute atomic E-state index is 0.0480. The van der Waals surface area contributed by atoms with Crippen LogP contribution in [0.5, 0.6) is 5.88 Å². The van der Waals surface area contributed by atoms with Gasteiger partial charge in [0.25, 0.3) is 11.6 Å². The van der Waals surface area contributed by atoms with Crippen molar-refractivity contribution in [3.05, 3.63) is 27.9 Å². The van der Waals surface area contributed by atoms with Crippen LogP contribution >= 0.6 is 0 Å². The number of carbonyl (C=O) groups is 1. The van der Waals surface area contributed by atoms with Crippen molar-refractivity contribution in [3.63, 3.8) is 0 Å². The number of amides is 1. The highest BCUT2D eigenvalue weighted by atomic mass is 16.6. The standard InChI is InChI=1S/C11H14N4O4/c12-10(16)9-4-7(15(17)18)5-14-11(9)19-8-2-1-3-13-6-8/h4-5,8,13H,1-3,6H2,(H2,12,16). The van der Waals surface area contributed by atoms with Gasteiger partial charge in [-0.2, -0.15) is 0 Å². The molecule has 3 N–H and O–H groups in total. The molecule has 0 aliphatic carbocycles. The summed E-state index contributed by atoms with van der Waals surface area (Å²) in [4.78, 5) is 25.1. The van der Waals surface area contributed by atoms with Gasteiger partial charge < -0.3 is 15.8 Å². The van der Waals surface area contributed by atoms with Crippen molar-refractivity contribution in [1.29, 1.82) is 0 Å². The van der Waals surface area contributed by atoms with E-state index in [1.54, 1.807) is 0 Å². The fourth-order valence-electron chi connectivity index (χ4n) is 1.89. The van der Waals surface area contributed by atoms with Crippen molar-refractivity contribution in [2.24, 2.45) is 5.73 Å². The van der Waals surface area contributed by atoms with Gasteiger partial charge >= 0.3 is 0 Å². The fourth-order valence-corrected chi connectivity index (χ4v) is 1.89. The summed E-state index contributed by atoms with van der Waals surface area (Å²) in [7, 11) is 0. The van der Waals surface area contributed by atoms with E-state index in [-0.39, 0.29) is 23.2 Å². The lowest BCUT2D eigenvalue weighted by Crippen LogP contribution is -2.37. The van der Waals surface area contributed by atoms with E-state index in [9.17, 15) is 14.9 Å². The number of hydrogen-bond donors (Lipinski definition) is 2. The predicted octanol–water partition coefficient (Wildman–Crippen LogP) is 0.219. The maximum atomic E-state index is 11.3. The third kappa shape index (κ3) is 3.16. The first-order chi connectivity index (χ1) is 9.08. The molecule has 1 aliphatic rings. The zero-order chi connectivity index (χ0) is 13.8. The molecule has 0 saturated carbocycles. The van der Waals surface area contributed by atoms with E-state index in [0.29, 0.717) is 6.54 Å². The van der Waals surface area contributed by atoms with Gasteiger partial charge in [-0.15, -0.1) is 0 Å². The summed E-state index contributed by atoms with van der Waals surface area (Å²) in [6.45, 7) is 1.58. The van der Waals surface area contributed by atoms with Crippen LogP contribution in [0.2, 0.25) is 0 Å². The van der Waals surface area contributed by atoms with Crippen LogP contribution in [0.4, 0.5) is 5.69 Å². The molecule has 1 amide bonds. The molecule has 1 fully saturated rings. The maximum absolute atomic E-state index is 11.3. The molecule has 1 aliphatic heterocycles. The molecule has 1 aromatic heterocycles. The molecular weight excluding hydrogens is 252 g/mol. The second-order valence-electron chi connectivity index (χ2n) is 4.25. The zero-order valence-corrected chi connectivity index (χ0v) is 10.2. The summed E-state index contributed by atoms with van der Waals surface area (Å²) in [5.74, 6) is -0.748. The molecule has 1 aromatic rings. The molecule has 1 saturated heterocycles. The van der Waals surface area contributed by atoms with E-state index in [0.717, 1.165) is 31.6 Å². The van der Waals surface area contributed by atoms with Gasteiger partial charge in [-0.1, -0.05) is 0 Å². The molecule has 8 heteroatoms. The fraction of sp³-hybridized carbons (Fsp3) is 0.455. The number of pyridine rings is 1. The topological polar surface area (TPSA) is 120 Å². The summed E-state index contributed by atoms with van der Waals surface area (Å²) in [5, 5.41) is 13.8. The Morgan fingerprint density at radius 2 is 2.42 bits per heavy atom. The van der Waals surface area contributed by atoms with Gasteiger partial charge in [-0.3, -0.25) is 14.9 Å². The van der Waals surface area contributed by atoms with Crippen LogP contribution in [0.25, 0.3) is 0 Å². The molecule has 2 rings (SSSR count). The second-order valence-corrected chi connectivity index (χ2v) is 4.25. The number of nitro groups is 1. The van der Waals surface area contributed by atoms with Crippen molar-refractivity contribution in [2.45, 2.75) is 18.9 Å². The lowest BCUT2D eigenvalue weighted by Gasteiger charge is -2.23. The summed E-state index contributed by atoms with van der Waals surface area (Å²) >= 11 is 0. The molecule has 102 valence electrons. The first-order valence-corrected chi connectivity index (χ1v) is 5.89. The third-order valence-corrected chi connectivity index (χ3v) is 2.84. The normalized spacial score (nSPS) is 18.8. The number of hydrogen-bond acceptors (Lipinski definition) is 6. The van der Waals surface area contributed by atoms with Gasteiger partial charge in [0, 0.05) is 12.6 Å². The Hall–Kier alpha value is -2.22. The summed E-state index contributed by atoms with van der Waals surface area (Å²) in [5.41, 5.74) is 4.83. The van der Waals surface area contributed by atoms with Crippen LogP contribution in [-0.2, 0) is 0 Å². The first kappa shape index (κ1) is 13.2. The highest BCUT2D eigenvalue weighted by Crippen LogP contribution is 2.22. The Bertz CT molecular complexity index is 499. The number of piperidine rings is 1. The zero-order valence-electron chi connectivity index (χ0n) is 10.2. The van der Waals surface area contributed by atoms with Crippen molar-refractivity contribution in [1.82, 2.24) is 10.3 Å². The highest BCUT2D eigenvalue weighted by molar-refractivity contribution is 5.95. The number of aromatic nitrogens is 1. The highest BCUT2D eigenvalue weighted by Gasteiger charge is 2.21. The summed E-state index contributed by atoms with van der Waals surface area (Å²) < 4.78 is 5.59. The Labute approximate surface area is 109 Å². The molecule has 0 spiro atoms. The second kappa shape index (κ2) is 5.61. The molecule has 8 nitrogen and oxygen atoms in total. The summed E-state index contributed by atoms with van der Waals surface area (Å²) in [6.07, 6.45) is 2.74. The maximum Gasteiger partial charge on any atom is 0.288 e. The Balaban J connectivity index is 2.23. The van der Waals surface area contributed by atoms with Crippen molar-refractivity contribution in [3.8, 4) is 5.88 Å². The van der Waals surface area contributed by atoms with Crippen LogP contribution < -0.4 is 15.8 Å². The van der Waals surface area contributed by atoms with Gasteiger partial charge in [0.05, 0.1) is 4.92 Å². The van der Waals surface area contributed by atoms with E-state index in [4.69, 9.17) is 10.5 Å². The minimum atomic E-state index is -0.796. The largest absolute Gasteiger partial charge is 0.472 e. The Kier molecular flexibility index (Phi) is 3.91. The van der Waals surface area contributed by atoms with Gasteiger partial charge in [-0.25, -0.2) is 4.98 Å². The number of rotatable bonds is 4. The molecule has 1 atom stereocenters. The van der Waals surface area contributed by atoms with Crippen LogP contribution in [-0.4, -0.2) is 35.0 Å². The number of nitrogens with one attached hydrogen (secondary N) is 1. The number of nitrogens with zero attached hydrogens (tertiary/aromatic N) is 2. The molecule has 2 heterocycles. The lowest BCUT2D eigenvalue weighted by atomic mass is 10.1. The monoisotopic (exact) mass is 266 g/mol. The van der Waals surface area contributed by atoms with Gasteiger partial charge in [0.15, 0.2) is 0 Å². The lowest BCUT2D eigenvalue weighted by molar-refractivity contribution is -0.385. The van der Waals surface area contributed by atoms with Crippen molar-refractivity contribution in [2.75, 3.05) is 13.1 Å². The number of primary amides is 1. The molecule has 0 aromatic carbocycles. The minimum Gasteiger partial charge on any atom is -0.472 e.